The molecule has 0 spiro atoms. The summed E-state index contributed by atoms with van der Waals surface area (Å²) in [4.78, 5) is 36.9. The Kier molecular flexibility index (Phi) is 8.89. The van der Waals surface area contributed by atoms with Gasteiger partial charge in [0.25, 0.3) is 5.91 Å². The van der Waals surface area contributed by atoms with E-state index >= 15 is 0 Å². The van der Waals surface area contributed by atoms with Crippen LogP contribution in [0.25, 0.3) is 11.1 Å². The largest absolute Gasteiger partial charge is 0.497 e. The van der Waals surface area contributed by atoms with Crippen LogP contribution in [0.1, 0.15) is 16.8 Å². The highest BCUT2D eigenvalue weighted by atomic mass is 16.6. The second-order valence-corrected chi connectivity index (χ2v) is 8.70. The zero-order chi connectivity index (χ0) is 26.9. The Bertz CT molecular complexity index is 1250. The van der Waals surface area contributed by atoms with Crippen molar-refractivity contribution >= 4 is 17.5 Å². The Morgan fingerprint density at radius 1 is 1.08 bits per heavy atom. The molecule has 1 aromatic heterocycles. The topological polar surface area (TPSA) is 123 Å². The standard InChI is InChI=1S/C28H30N4O6/c1-36-24-9-11-25(12-10-24)38-18-23(33)16-30-27(34)26-14-22(31-37-2)17-32(26)28(35)20-7-5-19(6-8-20)21-4-3-13-29-15-21/h3-13,15,23,26,33H,14,16-18H2,1-2H3,(H,30,34)/b31-22-/t23?,26-/m0/s1. The molecule has 2 heterocycles. The van der Waals surface area contributed by atoms with Gasteiger partial charge in [0.05, 0.1) is 19.4 Å². The fraction of sp³-hybridized carbons (Fsp3) is 0.286. The molecule has 2 atom stereocenters. The summed E-state index contributed by atoms with van der Waals surface area (Å²) < 4.78 is 10.7. The summed E-state index contributed by atoms with van der Waals surface area (Å²) in [6.07, 6.45) is 2.74. The maximum absolute atomic E-state index is 13.4. The Morgan fingerprint density at radius 3 is 2.47 bits per heavy atom. The van der Waals surface area contributed by atoms with E-state index in [9.17, 15) is 14.7 Å². The van der Waals surface area contributed by atoms with E-state index in [2.05, 4.69) is 15.5 Å². The van der Waals surface area contributed by atoms with Gasteiger partial charge in [-0.1, -0.05) is 23.4 Å². The van der Waals surface area contributed by atoms with Crippen molar-refractivity contribution in [1.82, 2.24) is 15.2 Å². The zero-order valence-electron chi connectivity index (χ0n) is 21.2. The molecule has 3 aromatic rings. The van der Waals surface area contributed by atoms with E-state index < -0.39 is 18.1 Å². The maximum Gasteiger partial charge on any atom is 0.254 e. The van der Waals surface area contributed by atoms with Crippen LogP contribution in [-0.4, -0.2) is 78.6 Å². The number of hydrogen-bond acceptors (Lipinski definition) is 8. The number of pyridine rings is 1. The number of aliphatic hydroxyl groups excluding tert-OH is 1. The Hall–Kier alpha value is -4.44. The van der Waals surface area contributed by atoms with Gasteiger partial charge in [-0.05, 0) is 53.6 Å². The van der Waals surface area contributed by atoms with Gasteiger partial charge in [-0.15, -0.1) is 0 Å². The van der Waals surface area contributed by atoms with E-state index in [0.717, 1.165) is 11.1 Å². The van der Waals surface area contributed by atoms with Crippen LogP contribution in [0, 0.1) is 0 Å². The first-order valence-electron chi connectivity index (χ1n) is 12.1. The van der Waals surface area contributed by atoms with Crippen LogP contribution in [0.5, 0.6) is 11.5 Å². The third-order valence-corrected chi connectivity index (χ3v) is 6.08. The van der Waals surface area contributed by atoms with Gasteiger partial charge in [-0.25, -0.2) is 0 Å². The molecular weight excluding hydrogens is 488 g/mol. The number of benzene rings is 2. The summed E-state index contributed by atoms with van der Waals surface area (Å²) in [6.45, 7) is 0.113. The summed E-state index contributed by atoms with van der Waals surface area (Å²) in [5, 5.41) is 17.0. The predicted octanol–water partition coefficient (Wildman–Crippen LogP) is 2.53. The highest BCUT2D eigenvalue weighted by Gasteiger charge is 2.38. The highest BCUT2D eigenvalue weighted by Crippen LogP contribution is 2.23. The van der Waals surface area contributed by atoms with Crippen molar-refractivity contribution in [2.24, 2.45) is 5.16 Å². The number of aliphatic hydroxyl groups is 1. The van der Waals surface area contributed by atoms with Gasteiger partial charge in [0, 0.05) is 30.9 Å². The molecule has 1 aliphatic rings. The van der Waals surface area contributed by atoms with Crippen molar-refractivity contribution in [1.29, 1.82) is 0 Å². The van der Waals surface area contributed by atoms with Crippen LogP contribution >= 0.6 is 0 Å². The molecule has 2 N–H and O–H groups in total. The Balaban J connectivity index is 1.37. The molecule has 10 heteroatoms. The molecule has 1 fully saturated rings. The van der Waals surface area contributed by atoms with Crippen LogP contribution < -0.4 is 14.8 Å². The molecule has 2 amide bonds. The van der Waals surface area contributed by atoms with E-state index in [1.807, 2.05) is 24.3 Å². The summed E-state index contributed by atoms with van der Waals surface area (Å²) >= 11 is 0. The lowest BCUT2D eigenvalue weighted by Gasteiger charge is -2.24. The molecule has 0 bridgehead atoms. The lowest BCUT2D eigenvalue weighted by Crippen LogP contribution is -2.48. The van der Waals surface area contributed by atoms with Gasteiger partial charge in [0.2, 0.25) is 5.91 Å². The SMILES string of the molecule is CO/N=C1/C[C@@H](C(=O)NCC(O)COc2ccc(OC)cc2)N(C(=O)c2ccc(-c3cccnc3)cc2)C1. The zero-order valence-corrected chi connectivity index (χ0v) is 21.2. The monoisotopic (exact) mass is 518 g/mol. The van der Waals surface area contributed by atoms with Gasteiger partial charge in [0.1, 0.15) is 37.4 Å². The van der Waals surface area contributed by atoms with Crippen molar-refractivity contribution in [2.45, 2.75) is 18.6 Å². The minimum Gasteiger partial charge on any atom is -0.497 e. The van der Waals surface area contributed by atoms with Gasteiger partial charge >= 0.3 is 0 Å². The second-order valence-electron chi connectivity index (χ2n) is 8.70. The minimum atomic E-state index is -0.946. The van der Waals surface area contributed by atoms with Crippen LogP contribution in [0.4, 0.5) is 0 Å². The van der Waals surface area contributed by atoms with E-state index in [-0.39, 0.29) is 32.0 Å². The van der Waals surface area contributed by atoms with E-state index in [1.165, 1.54) is 12.0 Å². The number of likely N-dealkylation sites (tertiary alicyclic amines) is 1. The summed E-state index contributed by atoms with van der Waals surface area (Å²) in [7, 11) is 2.99. The quantitative estimate of drug-likeness (QED) is 0.396. The number of carbonyl (C=O) groups is 2. The average molecular weight is 519 g/mol. The Morgan fingerprint density at radius 2 is 1.82 bits per heavy atom. The molecule has 38 heavy (non-hydrogen) atoms. The van der Waals surface area contributed by atoms with E-state index in [0.29, 0.717) is 22.8 Å². The fourth-order valence-electron chi connectivity index (χ4n) is 4.11. The number of nitrogens with zero attached hydrogens (tertiary/aromatic N) is 3. The van der Waals surface area contributed by atoms with Gasteiger partial charge < -0.3 is 29.6 Å². The number of carbonyl (C=O) groups excluding carboxylic acids is 2. The molecule has 1 unspecified atom stereocenters. The summed E-state index contributed by atoms with van der Waals surface area (Å²) in [6, 6.07) is 17.1. The molecular formula is C28H30N4O6. The lowest BCUT2D eigenvalue weighted by molar-refractivity contribution is -0.125. The fourth-order valence-corrected chi connectivity index (χ4v) is 4.11. The van der Waals surface area contributed by atoms with Crippen molar-refractivity contribution < 1.29 is 29.0 Å². The summed E-state index contributed by atoms with van der Waals surface area (Å²) in [5.41, 5.74) is 2.89. The number of hydrogen-bond donors (Lipinski definition) is 2. The molecule has 4 rings (SSSR count). The number of nitrogens with one attached hydrogen (secondary N) is 1. The molecule has 198 valence electrons. The predicted molar refractivity (Wildman–Crippen MR) is 141 cm³/mol. The van der Waals surface area contributed by atoms with Crippen LogP contribution in [-0.2, 0) is 9.63 Å². The van der Waals surface area contributed by atoms with E-state index in [1.54, 1.807) is 55.9 Å². The molecule has 1 saturated heterocycles. The normalized spacial score (nSPS) is 16.7. The third kappa shape index (κ3) is 6.65. The first kappa shape index (κ1) is 26.6. The molecule has 2 aromatic carbocycles. The van der Waals surface area contributed by atoms with E-state index in [4.69, 9.17) is 14.3 Å². The van der Waals surface area contributed by atoms with Crippen molar-refractivity contribution in [3.8, 4) is 22.6 Å². The molecule has 0 radical (unpaired) electrons. The number of amides is 2. The smallest absolute Gasteiger partial charge is 0.254 e. The second kappa shape index (κ2) is 12.7. The number of methoxy groups -OCH3 is 1. The van der Waals surface area contributed by atoms with Gasteiger partial charge in [0.15, 0.2) is 0 Å². The first-order valence-corrected chi connectivity index (χ1v) is 12.1. The highest BCUT2D eigenvalue weighted by molar-refractivity contribution is 6.05. The van der Waals surface area contributed by atoms with Crippen LogP contribution in [0.2, 0.25) is 0 Å². The van der Waals surface area contributed by atoms with Crippen LogP contribution in [0.3, 0.4) is 0 Å². The summed E-state index contributed by atoms with van der Waals surface area (Å²) in [5.74, 6) is 0.572. The van der Waals surface area contributed by atoms with Gasteiger partial charge in [-0.3, -0.25) is 14.6 Å². The number of oxime groups is 1. The average Bonchev–Trinajstić information content (AvgIpc) is 3.39. The molecule has 0 aliphatic carbocycles. The Labute approximate surface area is 220 Å². The van der Waals surface area contributed by atoms with Crippen molar-refractivity contribution in [2.75, 3.05) is 33.9 Å². The number of aromatic nitrogens is 1. The maximum atomic E-state index is 13.4. The molecule has 0 saturated carbocycles. The number of ether oxygens (including phenoxy) is 2. The van der Waals surface area contributed by atoms with Crippen LogP contribution in [0.15, 0.2) is 78.2 Å². The first-order chi connectivity index (χ1) is 18.5. The molecule has 1 aliphatic heterocycles. The third-order valence-electron chi connectivity index (χ3n) is 6.08. The molecule has 10 nitrogen and oxygen atoms in total. The van der Waals surface area contributed by atoms with Crippen molar-refractivity contribution in [3.63, 3.8) is 0 Å². The number of rotatable bonds is 10. The minimum absolute atomic E-state index is 0.0143. The van der Waals surface area contributed by atoms with Crippen molar-refractivity contribution in [3.05, 3.63) is 78.6 Å². The lowest BCUT2D eigenvalue weighted by atomic mass is 10.0. The van der Waals surface area contributed by atoms with Gasteiger partial charge in [-0.2, -0.15) is 0 Å².